The van der Waals surface area contributed by atoms with Crippen LogP contribution in [0.2, 0.25) is 0 Å². The second kappa shape index (κ2) is 13.5. The van der Waals surface area contributed by atoms with E-state index in [1.165, 1.54) is 24.1 Å². The number of carbonyl (C=O) groups is 7. The molecule has 0 fully saturated rings. The van der Waals surface area contributed by atoms with Crippen molar-refractivity contribution < 1.29 is 57.2 Å². The van der Waals surface area contributed by atoms with Crippen molar-refractivity contribution in [3.63, 3.8) is 0 Å². The molecule has 0 atom stereocenters. The maximum Gasteiger partial charge on any atom is 0.345 e. The lowest BCUT2D eigenvalue weighted by molar-refractivity contribution is -0.138. The van der Waals surface area contributed by atoms with Gasteiger partial charge in [-0.05, 0) is 38.1 Å². The molecule has 0 bridgehead atoms. The predicted octanol–water partition coefficient (Wildman–Crippen LogP) is 3.91. The van der Waals surface area contributed by atoms with Gasteiger partial charge in [0.1, 0.15) is 31.1 Å². The van der Waals surface area contributed by atoms with Gasteiger partial charge in [0.05, 0.1) is 63.5 Å². The van der Waals surface area contributed by atoms with Crippen LogP contribution in [-0.4, -0.2) is 98.2 Å². The third-order valence-corrected chi connectivity index (χ3v) is 13.4. The summed E-state index contributed by atoms with van der Waals surface area (Å²) in [6.07, 6.45) is 0. The predicted molar refractivity (Wildman–Crippen MR) is 191 cm³/mol. The summed E-state index contributed by atoms with van der Waals surface area (Å²) in [6, 6.07) is 11.1. The molecule has 2 aromatic carbocycles. The van der Waals surface area contributed by atoms with Gasteiger partial charge < -0.3 is 23.7 Å². The van der Waals surface area contributed by atoms with E-state index in [1.807, 2.05) is 0 Å². The van der Waals surface area contributed by atoms with Crippen LogP contribution >= 0.6 is 35.3 Å². The number of nitrogens with zero attached hydrogens (tertiary/aromatic N) is 2. The molecule has 0 N–H and O–H groups in total. The normalized spacial score (nSPS) is 18.2. The number of ether oxygens (including phenoxy) is 5. The molecule has 0 unspecified atom stereocenters. The largest absolute Gasteiger partial charge is 0.497 e. The molecule has 4 aliphatic rings. The summed E-state index contributed by atoms with van der Waals surface area (Å²) in [6.45, 7) is 2.73. The summed E-state index contributed by atoms with van der Waals surface area (Å²) >= 11 is 2.44. The first-order chi connectivity index (χ1) is 24.7. The quantitative estimate of drug-likeness (QED) is 0.226. The average Bonchev–Trinajstić information content (AvgIpc) is 3.64. The van der Waals surface area contributed by atoms with E-state index in [1.54, 1.807) is 44.2 Å². The number of fused-ring (bicyclic) bond motifs is 4. The van der Waals surface area contributed by atoms with E-state index in [0.29, 0.717) is 21.8 Å². The number of anilines is 1. The van der Waals surface area contributed by atoms with Crippen molar-refractivity contribution in [2.45, 2.75) is 23.5 Å². The summed E-state index contributed by atoms with van der Waals surface area (Å²) < 4.78 is 24.1. The highest BCUT2D eigenvalue weighted by Gasteiger charge is 2.62. The first-order valence-corrected chi connectivity index (χ1v) is 17.8. The molecule has 3 amide bonds. The Bertz CT molecular complexity index is 2050. The van der Waals surface area contributed by atoms with Crippen LogP contribution in [0.1, 0.15) is 40.1 Å². The van der Waals surface area contributed by atoms with E-state index in [4.69, 9.17) is 23.7 Å². The van der Waals surface area contributed by atoms with Crippen LogP contribution in [0.25, 0.3) is 5.57 Å². The van der Waals surface area contributed by atoms with Crippen LogP contribution in [-0.2, 0) is 42.9 Å². The van der Waals surface area contributed by atoms with Gasteiger partial charge in [-0.1, -0.05) is 47.4 Å². The zero-order chi connectivity index (χ0) is 37.9. The minimum absolute atomic E-state index is 0.170. The Kier molecular flexibility index (Phi) is 9.56. The third-order valence-electron chi connectivity index (χ3n) is 8.77. The Morgan fingerprint density at radius 2 is 1.21 bits per heavy atom. The number of hydrogen-bond donors (Lipinski definition) is 0. The van der Waals surface area contributed by atoms with Crippen molar-refractivity contribution in [2.75, 3.05) is 47.0 Å². The molecule has 0 aromatic heterocycles. The number of carbonyl (C=O) groups excluding carboxylic acids is 7. The topological polar surface area (TPSA) is 172 Å². The Hall–Kier alpha value is -5.00. The lowest BCUT2D eigenvalue weighted by atomic mass is 9.83. The molecule has 1 spiro atoms. The number of methoxy groups -OCH3 is 5. The summed E-state index contributed by atoms with van der Waals surface area (Å²) in [5.41, 5.74) is -0.337. The van der Waals surface area contributed by atoms with Crippen LogP contribution in [0.15, 0.2) is 67.7 Å². The Balaban J connectivity index is 1.60. The van der Waals surface area contributed by atoms with Gasteiger partial charge in [0.25, 0.3) is 11.8 Å². The SMILES string of the molecule is COC(=O)C1=C(C(=O)OC)SC2(S1)C(C(=O)OC)=C(C(=O)OC)SC1=C2c2ccc(OC)cc2N(C(=O)CN2C(=O)c3ccccc3C2=O)C1(C)C. The molecule has 17 heteroatoms. The highest BCUT2D eigenvalue weighted by Crippen LogP contribution is 2.71. The first-order valence-electron chi connectivity index (χ1n) is 15.3. The number of imide groups is 1. The van der Waals surface area contributed by atoms with Crippen LogP contribution in [0.4, 0.5) is 5.69 Å². The second-order valence-corrected chi connectivity index (χ2v) is 15.6. The highest BCUT2D eigenvalue weighted by molar-refractivity contribution is 8.26. The molecule has 14 nitrogen and oxygen atoms in total. The molecule has 0 aliphatic carbocycles. The molecule has 270 valence electrons. The number of amides is 3. The monoisotopic (exact) mass is 766 g/mol. The molecule has 4 heterocycles. The van der Waals surface area contributed by atoms with Crippen LogP contribution in [0, 0.1) is 0 Å². The van der Waals surface area contributed by atoms with Crippen molar-refractivity contribution in [2.24, 2.45) is 0 Å². The molecule has 0 radical (unpaired) electrons. The molecule has 0 saturated heterocycles. The standard InChI is InChI=1S/C35H30N2O12S3/c1-34(2)27-22(35(23(30(41)46-4)24(50-27)31(42)47-5)51-25(32(43)48-6)26(52-35)33(44)49-7)19-13-12-16(45-3)14-20(19)37(34)21(38)15-36-28(39)17-10-8-9-11-18(17)29(36)40/h8-14H,15H2,1-7H3. The lowest BCUT2D eigenvalue weighted by Gasteiger charge is -2.51. The number of hydrogen-bond acceptors (Lipinski definition) is 15. The van der Waals surface area contributed by atoms with Gasteiger partial charge in [-0.3, -0.25) is 24.2 Å². The maximum absolute atomic E-state index is 14.6. The number of esters is 4. The fourth-order valence-electron chi connectivity index (χ4n) is 6.46. The number of benzene rings is 2. The fraction of sp³-hybridized carbons (Fsp3) is 0.286. The van der Waals surface area contributed by atoms with E-state index >= 15 is 0 Å². The third kappa shape index (κ3) is 5.40. The van der Waals surface area contributed by atoms with Crippen LogP contribution < -0.4 is 9.64 Å². The minimum Gasteiger partial charge on any atom is -0.497 e. The number of rotatable bonds is 7. The molecule has 52 heavy (non-hydrogen) atoms. The first kappa shape index (κ1) is 36.8. The summed E-state index contributed by atoms with van der Waals surface area (Å²) in [5.74, 6) is -5.26. The van der Waals surface area contributed by atoms with Gasteiger partial charge in [0.15, 0.2) is 0 Å². The van der Waals surface area contributed by atoms with E-state index < -0.39 is 57.8 Å². The molecular weight excluding hydrogens is 737 g/mol. The van der Waals surface area contributed by atoms with Crippen molar-refractivity contribution in [3.05, 3.63) is 84.3 Å². The summed E-state index contributed by atoms with van der Waals surface area (Å²) in [4.78, 5) is 97.3. The van der Waals surface area contributed by atoms with Crippen molar-refractivity contribution in [3.8, 4) is 5.75 Å². The van der Waals surface area contributed by atoms with Crippen LogP contribution in [0.3, 0.4) is 0 Å². The van der Waals surface area contributed by atoms with Gasteiger partial charge in [0.2, 0.25) is 5.91 Å². The van der Waals surface area contributed by atoms with E-state index in [2.05, 4.69) is 0 Å². The van der Waals surface area contributed by atoms with E-state index in [-0.39, 0.29) is 37.1 Å². The molecule has 2 aromatic rings. The van der Waals surface area contributed by atoms with Crippen LogP contribution in [0.5, 0.6) is 5.75 Å². The minimum atomic E-state index is -1.79. The zero-order valence-electron chi connectivity index (χ0n) is 28.8. The summed E-state index contributed by atoms with van der Waals surface area (Å²) in [7, 11) is 5.93. The molecular formula is C35H30N2O12S3. The summed E-state index contributed by atoms with van der Waals surface area (Å²) in [5, 5.41) is 0. The van der Waals surface area contributed by atoms with Gasteiger partial charge in [-0.15, -0.1) is 0 Å². The van der Waals surface area contributed by atoms with Crippen molar-refractivity contribution >= 4 is 88.1 Å². The molecule has 0 saturated carbocycles. The highest BCUT2D eigenvalue weighted by atomic mass is 32.2. The van der Waals surface area contributed by atoms with E-state index in [9.17, 15) is 33.6 Å². The second-order valence-electron chi connectivity index (χ2n) is 11.9. The number of thioether (sulfide) groups is 3. The average molecular weight is 767 g/mol. The van der Waals surface area contributed by atoms with E-state index in [0.717, 1.165) is 68.6 Å². The van der Waals surface area contributed by atoms with Crippen molar-refractivity contribution in [1.82, 2.24) is 4.90 Å². The fourth-order valence-corrected chi connectivity index (χ4v) is 11.5. The zero-order valence-corrected chi connectivity index (χ0v) is 31.2. The van der Waals surface area contributed by atoms with Gasteiger partial charge in [-0.25, -0.2) is 19.2 Å². The Morgan fingerprint density at radius 3 is 1.71 bits per heavy atom. The Labute approximate surface area is 309 Å². The maximum atomic E-state index is 14.6. The van der Waals surface area contributed by atoms with Crippen molar-refractivity contribution in [1.29, 1.82) is 0 Å². The molecule has 4 aliphatic heterocycles. The lowest BCUT2D eigenvalue weighted by Crippen LogP contribution is -2.56. The smallest absolute Gasteiger partial charge is 0.345 e. The molecule has 6 rings (SSSR count). The van der Waals surface area contributed by atoms with Gasteiger partial charge in [0, 0.05) is 22.1 Å². The Morgan fingerprint density at radius 1 is 0.692 bits per heavy atom. The van der Waals surface area contributed by atoms with Gasteiger partial charge >= 0.3 is 23.9 Å². The van der Waals surface area contributed by atoms with Gasteiger partial charge in [-0.2, -0.15) is 0 Å².